The summed E-state index contributed by atoms with van der Waals surface area (Å²) in [5.41, 5.74) is -0.675. The molecule has 108 valence electrons. The van der Waals surface area contributed by atoms with Crippen LogP contribution in [0, 0.1) is 0 Å². The number of aliphatic hydroxyl groups is 1. The Morgan fingerprint density at radius 3 is 2.95 bits per heavy atom. The second kappa shape index (κ2) is 6.06. The van der Waals surface area contributed by atoms with E-state index in [-0.39, 0.29) is 18.6 Å². The van der Waals surface area contributed by atoms with E-state index in [9.17, 15) is 14.4 Å². The average molecular weight is 299 g/mol. The largest absolute Gasteiger partial charge is 0.480 e. The molecule has 1 unspecified atom stereocenters. The summed E-state index contributed by atoms with van der Waals surface area (Å²) >= 11 is 1.42. The molecular formula is C11H13N3O5S. The Bertz CT molecular complexity index is 600. The Balaban J connectivity index is 2.22. The maximum absolute atomic E-state index is 12.1. The van der Waals surface area contributed by atoms with Crippen LogP contribution in [0.25, 0.3) is 0 Å². The molecule has 0 spiro atoms. The zero-order valence-electron chi connectivity index (χ0n) is 10.4. The molecular weight excluding hydrogens is 286 g/mol. The van der Waals surface area contributed by atoms with E-state index in [1.54, 1.807) is 0 Å². The van der Waals surface area contributed by atoms with Gasteiger partial charge in [0.2, 0.25) is 0 Å². The van der Waals surface area contributed by atoms with Crippen LogP contribution >= 0.6 is 11.8 Å². The van der Waals surface area contributed by atoms with Crippen molar-refractivity contribution >= 4 is 23.6 Å². The first-order valence-electron chi connectivity index (χ1n) is 5.91. The predicted molar refractivity (Wildman–Crippen MR) is 69.8 cm³/mol. The van der Waals surface area contributed by atoms with Crippen LogP contribution < -0.4 is 10.9 Å². The Kier molecular flexibility index (Phi) is 4.40. The fraction of sp³-hybridized carbons (Fsp3) is 0.455. The van der Waals surface area contributed by atoms with Gasteiger partial charge in [0, 0.05) is 31.5 Å². The second-order valence-corrected chi connectivity index (χ2v) is 5.20. The summed E-state index contributed by atoms with van der Waals surface area (Å²) < 4.78 is 1.39. The fourth-order valence-electron chi connectivity index (χ4n) is 1.80. The van der Waals surface area contributed by atoms with E-state index in [1.165, 1.54) is 16.3 Å². The second-order valence-electron chi connectivity index (χ2n) is 4.14. The molecule has 1 aliphatic rings. The zero-order chi connectivity index (χ0) is 14.7. The van der Waals surface area contributed by atoms with Gasteiger partial charge in [-0.3, -0.25) is 14.2 Å². The maximum Gasteiger partial charge on any atom is 0.326 e. The van der Waals surface area contributed by atoms with Crippen molar-refractivity contribution in [3.8, 4) is 0 Å². The number of carboxylic acid groups (broad SMARTS) is 1. The number of aromatic nitrogens is 2. The lowest BCUT2D eigenvalue weighted by atomic mass is 10.2. The monoisotopic (exact) mass is 299 g/mol. The number of aliphatic hydroxyl groups excluding tert-OH is 1. The molecule has 2 rings (SSSR count). The highest BCUT2D eigenvalue weighted by molar-refractivity contribution is 7.99. The summed E-state index contributed by atoms with van der Waals surface area (Å²) in [5.74, 6) is -1.34. The first-order valence-corrected chi connectivity index (χ1v) is 6.90. The van der Waals surface area contributed by atoms with Gasteiger partial charge < -0.3 is 15.5 Å². The topological polar surface area (TPSA) is 122 Å². The minimum atomic E-state index is -1.27. The van der Waals surface area contributed by atoms with Gasteiger partial charge in [0.25, 0.3) is 11.5 Å². The van der Waals surface area contributed by atoms with Crippen LogP contribution in [-0.2, 0) is 11.3 Å². The van der Waals surface area contributed by atoms with Crippen molar-refractivity contribution in [1.82, 2.24) is 14.9 Å². The number of amides is 1. The van der Waals surface area contributed by atoms with Crippen LogP contribution in [0.4, 0.5) is 0 Å². The van der Waals surface area contributed by atoms with E-state index in [1.807, 2.05) is 0 Å². The zero-order valence-corrected chi connectivity index (χ0v) is 11.2. The van der Waals surface area contributed by atoms with Crippen molar-refractivity contribution in [2.75, 3.05) is 12.4 Å². The van der Waals surface area contributed by atoms with Crippen molar-refractivity contribution in [2.45, 2.75) is 24.2 Å². The third-order valence-electron chi connectivity index (χ3n) is 2.82. The minimum absolute atomic E-state index is 0.128. The van der Waals surface area contributed by atoms with Crippen LogP contribution in [0.1, 0.15) is 16.8 Å². The Labute approximate surface area is 117 Å². The number of carbonyl (C=O) groups is 2. The number of aliphatic carboxylic acids is 1. The molecule has 0 saturated carbocycles. The highest BCUT2D eigenvalue weighted by atomic mass is 32.2. The van der Waals surface area contributed by atoms with Gasteiger partial charge in [-0.05, 0) is 0 Å². The number of hydrogen-bond donors (Lipinski definition) is 3. The third kappa shape index (κ3) is 2.83. The van der Waals surface area contributed by atoms with E-state index in [2.05, 4.69) is 10.3 Å². The number of rotatable bonds is 5. The molecule has 0 radical (unpaired) electrons. The molecule has 3 N–H and O–H groups in total. The summed E-state index contributed by atoms with van der Waals surface area (Å²) in [6.45, 7) is 0.0985. The standard InChI is InChI=1S/C11H13N3O5S/c15-3-1-7(10(18)19)13-8(16)6-5-12-11-14(9(6)17)2-4-20-11/h5,7,15H,1-4H2,(H,13,16)(H,18,19). The molecule has 0 aromatic carbocycles. The Hall–Kier alpha value is -1.87. The van der Waals surface area contributed by atoms with Crippen LogP contribution in [-0.4, -0.2) is 50.0 Å². The number of hydrogen-bond acceptors (Lipinski definition) is 6. The van der Waals surface area contributed by atoms with Gasteiger partial charge in [-0.25, -0.2) is 9.78 Å². The highest BCUT2D eigenvalue weighted by Crippen LogP contribution is 2.20. The lowest BCUT2D eigenvalue weighted by Crippen LogP contribution is -2.43. The molecule has 1 atom stereocenters. The van der Waals surface area contributed by atoms with Crippen molar-refractivity contribution in [3.05, 3.63) is 22.1 Å². The van der Waals surface area contributed by atoms with E-state index >= 15 is 0 Å². The molecule has 0 fully saturated rings. The SMILES string of the molecule is O=C(NC(CCO)C(=O)O)c1cnc2n(c1=O)CCS2. The number of carbonyl (C=O) groups excluding carboxylic acids is 1. The summed E-state index contributed by atoms with van der Waals surface area (Å²) in [6, 6.07) is -1.24. The van der Waals surface area contributed by atoms with Gasteiger partial charge in [-0.2, -0.15) is 0 Å². The molecule has 1 aliphatic heterocycles. The Morgan fingerprint density at radius 1 is 1.55 bits per heavy atom. The molecule has 20 heavy (non-hydrogen) atoms. The molecule has 0 saturated heterocycles. The Morgan fingerprint density at radius 2 is 2.30 bits per heavy atom. The minimum Gasteiger partial charge on any atom is -0.480 e. The van der Waals surface area contributed by atoms with Crippen molar-refractivity contribution in [3.63, 3.8) is 0 Å². The number of nitrogens with zero attached hydrogens (tertiary/aromatic N) is 2. The van der Waals surface area contributed by atoms with Crippen molar-refractivity contribution < 1.29 is 19.8 Å². The third-order valence-corrected chi connectivity index (χ3v) is 3.79. The predicted octanol–water partition coefficient (Wildman–Crippen LogP) is -1.09. The van der Waals surface area contributed by atoms with E-state index in [0.717, 1.165) is 11.9 Å². The molecule has 8 nitrogen and oxygen atoms in total. The number of nitrogens with one attached hydrogen (secondary N) is 1. The highest BCUT2D eigenvalue weighted by Gasteiger charge is 2.24. The van der Waals surface area contributed by atoms with Crippen molar-refractivity contribution in [1.29, 1.82) is 0 Å². The molecule has 0 bridgehead atoms. The normalized spacial score (nSPS) is 14.7. The van der Waals surface area contributed by atoms with Gasteiger partial charge in [-0.1, -0.05) is 11.8 Å². The van der Waals surface area contributed by atoms with Crippen molar-refractivity contribution in [2.24, 2.45) is 0 Å². The van der Waals surface area contributed by atoms with Gasteiger partial charge in [0.1, 0.15) is 11.6 Å². The molecule has 2 heterocycles. The number of carboxylic acids is 1. The lowest BCUT2D eigenvalue weighted by Gasteiger charge is -2.13. The first kappa shape index (κ1) is 14.5. The van der Waals surface area contributed by atoms with E-state index in [4.69, 9.17) is 10.2 Å². The number of thioether (sulfide) groups is 1. The summed E-state index contributed by atoms with van der Waals surface area (Å²) in [7, 11) is 0. The van der Waals surface area contributed by atoms with Crippen LogP contribution in [0.5, 0.6) is 0 Å². The van der Waals surface area contributed by atoms with Gasteiger partial charge in [0.15, 0.2) is 5.16 Å². The number of fused-ring (bicyclic) bond motifs is 1. The molecule has 1 aromatic rings. The maximum atomic E-state index is 12.1. The van der Waals surface area contributed by atoms with Crippen LogP contribution in [0.2, 0.25) is 0 Å². The summed E-state index contributed by atoms with van der Waals surface area (Å²) in [5, 5.41) is 20.4. The first-order chi connectivity index (χ1) is 9.54. The van der Waals surface area contributed by atoms with Crippen LogP contribution in [0.3, 0.4) is 0 Å². The molecule has 9 heteroatoms. The average Bonchev–Trinajstić information content (AvgIpc) is 2.87. The quantitative estimate of drug-likeness (QED) is 0.591. The van der Waals surface area contributed by atoms with Gasteiger partial charge in [0.05, 0.1) is 0 Å². The fourth-order valence-corrected chi connectivity index (χ4v) is 2.71. The molecule has 0 aliphatic carbocycles. The molecule has 1 aromatic heterocycles. The molecule has 1 amide bonds. The summed E-state index contributed by atoms with van der Waals surface area (Å²) in [6.07, 6.45) is 1.02. The lowest BCUT2D eigenvalue weighted by molar-refractivity contribution is -0.139. The van der Waals surface area contributed by atoms with Crippen LogP contribution in [0.15, 0.2) is 16.1 Å². The van der Waals surface area contributed by atoms with Gasteiger partial charge >= 0.3 is 5.97 Å². The summed E-state index contributed by atoms with van der Waals surface area (Å²) in [4.78, 5) is 38.9. The van der Waals surface area contributed by atoms with E-state index < -0.39 is 23.5 Å². The van der Waals surface area contributed by atoms with E-state index in [0.29, 0.717) is 11.7 Å². The van der Waals surface area contributed by atoms with Gasteiger partial charge in [-0.15, -0.1) is 0 Å². The smallest absolute Gasteiger partial charge is 0.326 e.